The first kappa shape index (κ1) is 13.8. The molecular weight excluding hydrogens is 339 g/mol. The van der Waals surface area contributed by atoms with Crippen molar-refractivity contribution in [3.63, 3.8) is 0 Å². The lowest BCUT2D eigenvalue weighted by atomic mass is 10.1. The van der Waals surface area contributed by atoms with Crippen molar-refractivity contribution in [2.45, 2.75) is 26.3 Å². The highest BCUT2D eigenvalue weighted by Crippen LogP contribution is 2.20. The van der Waals surface area contributed by atoms with E-state index in [1.54, 1.807) is 0 Å². The van der Waals surface area contributed by atoms with Gasteiger partial charge in [-0.05, 0) is 47.6 Å². The maximum absolute atomic E-state index is 12.6. The highest BCUT2D eigenvalue weighted by Gasteiger charge is 2.29. The summed E-state index contributed by atoms with van der Waals surface area (Å²) in [5.41, 5.74) is 2.01. The third-order valence-electron chi connectivity index (χ3n) is 3.35. The number of amides is 1. The second-order valence-corrected chi connectivity index (χ2v) is 5.83. The predicted molar refractivity (Wildman–Crippen MR) is 81.9 cm³/mol. The van der Waals surface area contributed by atoms with Crippen molar-refractivity contribution in [2.75, 3.05) is 19.6 Å². The van der Waals surface area contributed by atoms with E-state index in [1.807, 2.05) is 30.0 Å². The molecule has 0 radical (unpaired) electrons. The second kappa shape index (κ2) is 6.02. The van der Waals surface area contributed by atoms with Gasteiger partial charge in [0.05, 0.1) is 11.6 Å². The minimum Gasteiger partial charge on any atom is -0.333 e. The number of carbonyl (C=O) groups is 1. The average molecular weight is 358 g/mol. The van der Waals surface area contributed by atoms with E-state index in [0.29, 0.717) is 6.04 Å². The molecule has 0 aromatic heterocycles. The van der Waals surface area contributed by atoms with Crippen molar-refractivity contribution in [3.05, 3.63) is 32.9 Å². The number of benzene rings is 1. The number of hydrogen-bond acceptors (Lipinski definition) is 2. The summed E-state index contributed by atoms with van der Waals surface area (Å²) in [5.74, 6) is 0.177. The molecule has 4 heteroatoms. The van der Waals surface area contributed by atoms with E-state index in [-0.39, 0.29) is 5.91 Å². The third-order valence-corrected chi connectivity index (χ3v) is 4.78. The Morgan fingerprint density at radius 3 is 2.78 bits per heavy atom. The Labute approximate surface area is 122 Å². The Hall–Kier alpha value is -0.620. The van der Waals surface area contributed by atoms with Crippen molar-refractivity contribution in [2.24, 2.45) is 0 Å². The van der Waals surface area contributed by atoms with Crippen LogP contribution in [0.3, 0.4) is 0 Å². The molecule has 2 rings (SSSR count). The van der Waals surface area contributed by atoms with Gasteiger partial charge in [-0.1, -0.05) is 19.1 Å². The zero-order chi connectivity index (χ0) is 13.1. The summed E-state index contributed by atoms with van der Waals surface area (Å²) in [7, 11) is 0. The maximum atomic E-state index is 12.6. The molecule has 0 saturated carbocycles. The SMILES string of the molecule is CCCN(C(=O)c1cccc(C)c1I)C1CNC1. The fraction of sp³-hybridized carbons (Fsp3) is 0.500. The van der Waals surface area contributed by atoms with E-state index in [9.17, 15) is 4.79 Å². The number of halogens is 1. The van der Waals surface area contributed by atoms with Crippen LogP contribution >= 0.6 is 22.6 Å². The Morgan fingerprint density at radius 2 is 2.22 bits per heavy atom. The van der Waals surface area contributed by atoms with Gasteiger partial charge < -0.3 is 10.2 Å². The molecule has 1 heterocycles. The summed E-state index contributed by atoms with van der Waals surface area (Å²) in [6.07, 6.45) is 1.00. The largest absolute Gasteiger partial charge is 0.333 e. The van der Waals surface area contributed by atoms with E-state index in [4.69, 9.17) is 0 Å². The topological polar surface area (TPSA) is 32.3 Å². The Bertz CT molecular complexity index is 443. The molecule has 1 amide bonds. The zero-order valence-electron chi connectivity index (χ0n) is 10.9. The molecule has 18 heavy (non-hydrogen) atoms. The Morgan fingerprint density at radius 1 is 1.50 bits per heavy atom. The van der Waals surface area contributed by atoms with E-state index < -0.39 is 0 Å². The number of carbonyl (C=O) groups excluding carboxylic acids is 1. The van der Waals surface area contributed by atoms with Crippen LogP contribution in [0.4, 0.5) is 0 Å². The van der Waals surface area contributed by atoms with Gasteiger partial charge in [-0.25, -0.2) is 0 Å². The number of nitrogens with one attached hydrogen (secondary N) is 1. The monoisotopic (exact) mass is 358 g/mol. The number of aryl methyl sites for hydroxylation is 1. The van der Waals surface area contributed by atoms with Crippen molar-refractivity contribution in [3.8, 4) is 0 Å². The van der Waals surface area contributed by atoms with E-state index in [2.05, 4.69) is 34.8 Å². The van der Waals surface area contributed by atoms with Crippen LogP contribution in [0.15, 0.2) is 18.2 Å². The van der Waals surface area contributed by atoms with Crippen molar-refractivity contribution < 1.29 is 4.79 Å². The number of rotatable bonds is 4. The van der Waals surface area contributed by atoms with E-state index in [1.165, 1.54) is 5.56 Å². The zero-order valence-corrected chi connectivity index (χ0v) is 13.0. The molecule has 0 atom stereocenters. The van der Waals surface area contributed by atoms with Gasteiger partial charge in [-0.15, -0.1) is 0 Å². The van der Waals surface area contributed by atoms with Crippen LogP contribution < -0.4 is 5.32 Å². The summed E-state index contributed by atoms with van der Waals surface area (Å²) < 4.78 is 1.08. The van der Waals surface area contributed by atoms with E-state index in [0.717, 1.165) is 35.2 Å². The van der Waals surface area contributed by atoms with Gasteiger partial charge in [0.2, 0.25) is 0 Å². The van der Waals surface area contributed by atoms with Gasteiger partial charge in [0.1, 0.15) is 0 Å². The van der Waals surface area contributed by atoms with E-state index >= 15 is 0 Å². The highest BCUT2D eigenvalue weighted by molar-refractivity contribution is 14.1. The first-order valence-electron chi connectivity index (χ1n) is 6.42. The Kier molecular flexibility index (Phi) is 4.61. The fourth-order valence-electron chi connectivity index (χ4n) is 2.15. The lowest BCUT2D eigenvalue weighted by Gasteiger charge is -2.38. The van der Waals surface area contributed by atoms with Crippen LogP contribution in [0, 0.1) is 10.5 Å². The molecule has 1 N–H and O–H groups in total. The van der Waals surface area contributed by atoms with Crippen LogP contribution in [0.5, 0.6) is 0 Å². The van der Waals surface area contributed by atoms with Gasteiger partial charge in [0.15, 0.2) is 0 Å². The summed E-state index contributed by atoms with van der Waals surface area (Å²) in [6, 6.07) is 6.32. The van der Waals surface area contributed by atoms with Gasteiger partial charge in [0, 0.05) is 23.2 Å². The standard InChI is InChI=1S/C14H19IN2O/c1-3-7-17(11-8-16-9-11)14(18)12-6-4-5-10(2)13(12)15/h4-6,11,16H,3,7-9H2,1-2H3. The summed E-state index contributed by atoms with van der Waals surface area (Å²) in [5, 5.41) is 3.24. The molecule has 1 aliphatic rings. The second-order valence-electron chi connectivity index (χ2n) is 4.75. The maximum Gasteiger partial charge on any atom is 0.255 e. The first-order valence-corrected chi connectivity index (χ1v) is 7.49. The number of hydrogen-bond donors (Lipinski definition) is 1. The molecule has 1 fully saturated rings. The third kappa shape index (κ3) is 2.69. The lowest BCUT2D eigenvalue weighted by Crippen LogP contribution is -2.59. The van der Waals surface area contributed by atoms with Crippen LogP contribution in [0.25, 0.3) is 0 Å². The summed E-state index contributed by atoms with van der Waals surface area (Å²) >= 11 is 2.27. The minimum atomic E-state index is 0.177. The fourth-order valence-corrected chi connectivity index (χ4v) is 2.74. The molecule has 0 bridgehead atoms. The lowest BCUT2D eigenvalue weighted by molar-refractivity contribution is 0.0614. The van der Waals surface area contributed by atoms with Crippen LogP contribution in [0.1, 0.15) is 29.3 Å². The highest BCUT2D eigenvalue weighted by atomic mass is 127. The van der Waals surface area contributed by atoms with Crippen molar-refractivity contribution in [1.82, 2.24) is 10.2 Å². The van der Waals surface area contributed by atoms with Crippen LogP contribution in [0.2, 0.25) is 0 Å². The minimum absolute atomic E-state index is 0.177. The molecule has 0 spiro atoms. The van der Waals surface area contributed by atoms with Gasteiger partial charge >= 0.3 is 0 Å². The average Bonchev–Trinajstić information content (AvgIpc) is 2.29. The quantitative estimate of drug-likeness (QED) is 0.839. The summed E-state index contributed by atoms with van der Waals surface area (Å²) in [4.78, 5) is 14.7. The molecule has 0 unspecified atom stereocenters. The molecule has 98 valence electrons. The summed E-state index contributed by atoms with van der Waals surface area (Å²) in [6.45, 7) is 6.86. The van der Waals surface area contributed by atoms with Crippen molar-refractivity contribution >= 4 is 28.5 Å². The van der Waals surface area contributed by atoms with Gasteiger partial charge in [-0.3, -0.25) is 4.79 Å². The first-order chi connectivity index (χ1) is 8.65. The normalized spacial score (nSPS) is 15.3. The molecule has 1 aliphatic heterocycles. The van der Waals surface area contributed by atoms with Gasteiger partial charge in [-0.2, -0.15) is 0 Å². The Balaban J connectivity index is 2.24. The molecule has 1 aromatic rings. The molecule has 0 aliphatic carbocycles. The smallest absolute Gasteiger partial charge is 0.255 e. The van der Waals surface area contributed by atoms with Crippen LogP contribution in [-0.2, 0) is 0 Å². The van der Waals surface area contributed by atoms with Crippen LogP contribution in [-0.4, -0.2) is 36.5 Å². The number of nitrogens with zero attached hydrogens (tertiary/aromatic N) is 1. The van der Waals surface area contributed by atoms with Gasteiger partial charge in [0.25, 0.3) is 5.91 Å². The molecule has 1 saturated heterocycles. The predicted octanol–water partition coefficient (Wildman–Crippen LogP) is 2.42. The molecular formula is C14H19IN2O. The van der Waals surface area contributed by atoms with Crippen molar-refractivity contribution in [1.29, 1.82) is 0 Å². The molecule has 3 nitrogen and oxygen atoms in total. The molecule has 1 aromatic carbocycles.